The third-order valence-electron chi connectivity index (χ3n) is 7.02. The van der Waals surface area contributed by atoms with Crippen LogP contribution in [-0.2, 0) is 32.0 Å². The van der Waals surface area contributed by atoms with Gasteiger partial charge in [-0.05, 0) is 68.3 Å². The largest absolute Gasteiger partial charge is 0.508 e. The summed E-state index contributed by atoms with van der Waals surface area (Å²) in [5.74, 6) is -2.53. The standard InChI is InChI=1S/C29H39N5O6/c30-15-5-4-9-23(29(39)40)32-26(36)24(18-19-7-2-1-3-8-19)33-27(37)25-10-6-16-34(25)28(38)22(31)17-20-11-13-21(35)14-12-20/h1-3,7-8,11-14,22-25,35H,4-6,9-10,15-18,30-31H2,(H,32,36)(H,33,37)(H,39,40)/t22-,23-,24-,25-/m0/s1. The van der Waals surface area contributed by atoms with Crippen LogP contribution in [0.15, 0.2) is 54.6 Å². The van der Waals surface area contributed by atoms with Crippen molar-refractivity contribution in [3.05, 3.63) is 65.7 Å². The molecule has 1 aliphatic rings. The Hall–Kier alpha value is -3.96. The molecule has 11 nitrogen and oxygen atoms in total. The van der Waals surface area contributed by atoms with Crippen molar-refractivity contribution in [3.8, 4) is 5.75 Å². The Kier molecular flexibility index (Phi) is 11.5. The first-order valence-electron chi connectivity index (χ1n) is 13.6. The van der Waals surface area contributed by atoms with Gasteiger partial charge in [-0.15, -0.1) is 0 Å². The van der Waals surface area contributed by atoms with Crippen molar-refractivity contribution in [2.24, 2.45) is 11.5 Å². The molecule has 40 heavy (non-hydrogen) atoms. The number of carbonyl (C=O) groups excluding carboxylic acids is 3. The molecule has 11 heteroatoms. The first-order valence-corrected chi connectivity index (χ1v) is 13.6. The molecule has 0 aromatic heterocycles. The molecule has 1 saturated heterocycles. The lowest BCUT2D eigenvalue weighted by atomic mass is 10.0. The number of aromatic hydroxyl groups is 1. The summed E-state index contributed by atoms with van der Waals surface area (Å²) < 4.78 is 0. The van der Waals surface area contributed by atoms with Gasteiger partial charge in [0.1, 0.15) is 23.9 Å². The van der Waals surface area contributed by atoms with Crippen LogP contribution in [0.3, 0.4) is 0 Å². The van der Waals surface area contributed by atoms with Crippen molar-refractivity contribution in [3.63, 3.8) is 0 Å². The fourth-order valence-electron chi connectivity index (χ4n) is 4.84. The average molecular weight is 554 g/mol. The number of aliphatic carboxylic acids is 1. The number of phenols is 1. The summed E-state index contributed by atoms with van der Waals surface area (Å²) >= 11 is 0. The van der Waals surface area contributed by atoms with Crippen molar-refractivity contribution >= 4 is 23.7 Å². The number of benzene rings is 2. The molecule has 1 heterocycles. The van der Waals surface area contributed by atoms with Gasteiger partial charge >= 0.3 is 5.97 Å². The van der Waals surface area contributed by atoms with E-state index < -0.39 is 42.0 Å². The molecule has 3 rings (SSSR count). The van der Waals surface area contributed by atoms with Gasteiger partial charge in [0.05, 0.1) is 6.04 Å². The number of rotatable bonds is 14. The van der Waals surface area contributed by atoms with E-state index in [-0.39, 0.29) is 30.9 Å². The number of unbranched alkanes of at least 4 members (excludes halogenated alkanes) is 1. The number of carboxylic acid groups (broad SMARTS) is 1. The van der Waals surface area contributed by atoms with Crippen molar-refractivity contribution in [1.29, 1.82) is 0 Å². The summed E-state index contributed by atoms with van der Waals surface area (Å²) in [6.45, 7) is 0.778. The van der Waals surface area contributed by atoms with Crippen LogP contribution in [-0.4, -0.2) is 76.1 Å². The van der Waals surface area contributed by atoms with Gasteiger partial charge in [-0.25, -0.2) is 4.79 Å². The summed E-state index contributed by atoms with van der Waals surface area (Å²) in [6.07, 6.45) is 2.79. The molecule has 0 bridgehead atoms. The lowest BCUT2D eigenvalue weighted by molar-refractivity contribution is -0.143. The number of nitrogens with zero attached hydrogens (tertiary/aromatic N) is 1. The number of likely N-dealkylation sites (tertiary alicyclic amines) is 1. The third-order valence-corrected chi connectivity index (χ3v) is 7.02. The van der Waals surface area contributed by atoms with Gasteiger partial charge < -0.3 is 37.2 Å². The van der Waals surface area contributed by atoms with E-state index in [9.17, 15) is 29.4 Å². The molecular formula is C29H39N5O6. The summed E-state index contributed by atoms with van der Waals surface area (Å²) in [4.78, 5) is 53.1. The van der Waals surface area contributed by atoms with Gasteiger partial charge in [0.25, 0.3) is 0 Å². The van der Waals surface area contributed by atoms with E-state index in [1.54, 1.807) is 12.1 Å². The molecule has 0 unspecified atom stereocenters. The molecule has 0 spiro atoms. The number of nitrogens with two attached hydrogens (primary N) is 2. The van der Waals surface area contributed by atoms with Crippen LogP contribution in [0.4, 0.5) is 0 Å². The predicted octanol–water partition coefficient (Wildman–Crippen LogP) is 0.679. The van der Waals surface area contributed by atoms with Crippen LogP contribution >= 0.6 is 0 Å². The zero-order valence-electron chi connectivity index (χ0n) is 22.5. The summed E-state index contributed by atoms with van der Waals surface area (Å²) in [7, 11) is 0. The number of hydrogen-bond acceptors (Lipinski definition) is 7. The van der Waals surface area contributed by atoms with Crippen molar-refractivity contribution in [2.75, 3.05) is 13.1 Å². The van der Waals surface area contributed by atoms with E-state index in [2.05, 4.69) is 10.6 Å². The van der Waals surface area contributed by atoms with E-state index in [1.165, 1.54) is 17.0 Å². The lowest BCUT2D eigenvalue weighted by Crippen LogP contribution is -2.57. The van der Waals surface area contributed by atoms with Crippen LogP contribution in [0, 0.1) is 0 Å². The molecule has 2 aromatic rings. The number of amides is 3. The normalized spacial score (nSPS) is 17.1. The molecule has 8 N–H and O–H groups in total. The molecule has 216 valence electrons. The minimum atomic E-state index is -1.16. The number of carboxylic acids is 1. The Labute approximate surface area is 233 Å². The molecule has 0 aliphatic carbocycles. The minimum Gasteiger partial charge on any atom is -0.508 e. The lowest BCUT2D eigenvalue weighted by Gasteiger charge is -2.29. The van der Waals surface area contributed by atoms with E-state index >= 15 is 0 Å². The van der Waals surface area contributed by atoms with Gasteiger partial charge in [0.15, 0.2) is 0 Å². The highest BCUT2D eigenvalue weighted by molar-refractivity contribution is 5.94. The predicted molar refractivity (Wildman–Crippen MR) is 149 cm³/mol. The first kappa shape index (κ1) is 30.6. The van der Waals surface area contributed by atoms with E-state index in [1.807, 2.05) is 30.3 Å². The number of phenolic OH excluding ortho intramolecular Hbond substituents is 1. The van der Waals surface area contributed by atoms with E-state index in [0.29, 0.717) is 38.8 Å². The van der Waals surface area contributed by atoms with Crippen LogP contribution in [0.5, 0.6) is 5.75 Å². The van der Waals surface area contributed by atoms with Gasteiger partial charge in [0.2, 0.25) is 17.7 Å². The fraction of sp³-hybridized carbons (Fsp3) is 0.448. The topological polar surface area (TPSA) is 188 Å². The van der Waals surface area contributed by atoms with Gasteiger partial charge in [-0.3, -0.25) is 14.4 Å². The summed E-state index contributed by atoms with van der Waals surface area (Å²) in [6, 6.07) is 11.6. The van der Waals surface area contributed by atoms with E-state index in [4.69, 9.17) is 11.5 Å². The third kappa shape index (κ3) is 8.78. The summed E-state index contributed by atoms with van der Waals surface area (Å²) in [5, 5.41) is 24.4. The quantitative estimate of drug-likeness (QED) is 0.184. The second-order valence-electron chi connectivity index (χ2n) is 10.1. The highest BCUT2D eigenvalue weighted by Gasteiger charge is 2.38. The Morgan fingerprint density at radius 2 is 1.60 bits per heavy atom. The van der Waals surface area contributed by atoms with Crippen LogP contribution < -0.4 is 22.1 Å². The second kappa shape index (κ2) is 15.0. The van der Waals surface area contributed by atoms with Gasteiger partial charge in [0, 0.05) is 13.0 Å². The average Bonchev–Trinajstić information content (AvgIpc) is 3.43. The van der Waals surface area contributed by atoms with Crippen LogP contribution in [0.1, 0.15) is 43.2 Å². The molecule has 4 atom stereocenters. The monoisotopic (exact) mass is 553 g/mol. The van der Waals surface area contributed by atoms with Crippen LogP contribution in [0.25, 0.3) is 0 Å². The number of carbonyl (C=O) groups is 4. The Bertz CT molecular complexity index is 1140. The van der Waals surface area contributed by atoms with Gasteiger partial charge in [-0.1, -0.05) is 42.5 Å². The first-order chi connectivity index (χ1) is 19.2. The molecular weight excluding hydrogens is 514 g/mol. The van der Waals surface area contributed by atoms with Crippen molar-refractivity contribution in [1.82, 2.24) is 15.5 Å². The Morgan fingerprint density at radius 1 is 0.925 bits per heavy atom. The van der Waals surface area contributed by atoms with Crippen molar-refractivity contribution < 1.29 is 29.4 Å². The molecule has 0 saturated carbocycles. The van der Waals surface area contributed by atoms with Gasteiger partial charge in [-0.2, -0.15) is 0 Å². The SMILES string of the molecule is NCCCC[C@H](NC(=O)[C@H](Cc1ccccc1)NC(=O)[C@@H]1CCCN1C(=O)[C@@H](N)Cc1ccc(O)cc1)C(=O)O. The molecule has 0 radical (unpaired) electrons. The minimum absolute atomic E-state index is 0.110. The Balaban J connectivity index is 1.71. The second-order valence-corrected chi connectivity index (χ2v) is 10.1. The highest BCUT2D eigenvalue weighted by Crippen LogP contribution is 2.20. The molecule has 1 aliphatic heterocycles. The van der Waals surface area contributed by atoms with E-state index in [0.717, 1.165) is 11.1 Å². The fourth-order valence-corrected chi connectivity index (χ4v) is 4.84. The van der Waals surface area contributed by atoms with Crippen LogP contribution in [0.2, 0.25) is 0 Å². The summed E-state index contributed by atoms with van der Waals surface area (Å²) in [5.41, 5.74) is 13.3. The zero-order valence-corrected chi connectivity index (χ0v) is 22.5. The smallest absolute Gasteiger partial charge is 0.326 e. The Morgan fingerprint density at radius 3 is 2.25 bits per heavy atom. The highest BCUT2D eigenvalue weighted by atomic mass is 16.4. The maximum absolute atomic E-state index is 13.4. The van der Waals surface area contributed by atoms with Crippen molar-refractivity contribution in [2.45, 2.75) is 69.1 Å². The molecule has 1 fully saturated rings. The zero-order chi connectivity index (χ0) is 29.1. The number of hydrogen-bond donors (Lipinski definition) is 6. The number of nitrogens with one attached hydrogen (secondary N) is 2. The maximum Gasteiger partial charge on any atom is 0.326 e. The molecule has 3 amide bonds. The maximum atomic E-state index is 13.4. The molecule has 2 aromatic carbocycles.